The summed E-state index contributed by atoms with van der Waals surface area (Å²) in [7, 11) is 0. The second kappa shape index (κ2) is 5.87. The first-order chi connectivity index (χ1) is 9.08. The van der Waals surface area contributed by atoms with Gasteiger partial charge >= 0.3 is 5.97 Å². The van der Waals surface area contributed by atoms with Crippen molar-refractivity contribution in [1.82, 2.24) is 0 Å². The first kappa shape index (κ1) is 13.6. The number of ether oxygens (including phenoxy) is 1. The topological polar surface area (TPSA) is 26.3 Å². The number of benzene rings is 1. The van der Waals surface area contributed by atoms with Crippen molar-refractivity contribution in [2.45, 2.75) is 39.7 Å². The number of carbonyl (C=O) groups excluding carboxylic acids is 1. The Morgan fingerprint density at radius 3 is 2.74 bits per heavy atom. The summed E-state index contributed by atoms with van der Waals surface area (Å²) in [5.74, 6) is -0.214. The van der Waals surface area contributed by atoms with E-state index in [-0.39, 0.29) is 12.1 Å². The van der Waals surface area contributed by atoms with E-state index in [2.05, 4.69) is 32.9 Å². The molecule has 1 aliphatic heterocycles. The summed E-state index contributed by atoms with van der Waals surface area (Å²) in [5.41, 5.74) is 4.27. The smallest absolute Gasteiger partial charge is 0.339 e. The first-order valence-electron chi connectivity index (χ1n) is 6.68. The van der Waals surface area contributed by atoms with Crippen molar-refractivity contribution in [2.75, 3.05) is 0 Å². The summed E-state index contributed by atoms with van der Waals surface area (Å²) >= 11 is 0. The van der Waals surface area contributed by atoms with Gasteiger partial charge in [0.2, 0.25) is 0 Å². The first-order valence-corrected chi connectivity index (χ1v) is 6.68. The van der Waals surface area contributed by atoms with Gasteiger partial charge in [0, 0.05) is 5.56 Å². The molecule has 0 saturated heterocycles. The lowest BCUT2D eigenvalue weighted by Crippen LogP contribution is -1.96. The Morgan fingerprint density at radius 2 is 2.00 bits per heavy atom. The fourth-order valence-electron chi connectivity index (χ4n) is 2.23. The molecule has 0 fully saturated rings. The van der Waals surface area contributed by atoms with Crippen LogP contribution in [0.25, 0.3) is 0 Å². The maximum Gasteiger partial charge on any atom is 0.339 e. The molecule has 0 amide bonds. The molecule has 0 N–H and O–H groups in total. The van der Waals surface area contributed by atoms with Crippen LogP contribution in [0.1, 0.15) is 55.6 Å². The third-order valence-electron chi connectivity index (χ3n) is 3.25. The molecule has 1 aromatic carbocycles. The quantitative estimate of drug-likeness (QED) is 0.581. The van der Waals surface area contributed by atoms with Gasteiger partial charge in [-0.2, -0.15) is 0 Å². The Bertz CT molecular complexity index is 534. The maximum atomic E-state index is 11.7. The van der Waals surface area contributed by atoms with Crippen LogP contribution in [0.5, 0.6) is 0 Å². The summed E-state index contributed by atoms with van der Waals surface area (Å²) < 4.78 is 5.40. The second-order valence-corrected chi connectivity index (χ2v) is 5.25. The van der Waals surface area contributed by atoms with Gasteiger partial charge in [0.25, 0.3) is 0 Å². The number of carbonyl (C=O) groups is 1. The molecule has 2 rings (SSSR count). The normalized spacial score (nSPS) is 17.9. The average Bonchev–Trinajstić information content (AvgIpc) is 2.66. The van der Waals surface area contributed by atoms with Crippen LogP contribution >= 0.6 is 0 Å². The van der Waals surface area contributed by atoms with Crippen LogP contribution in [-0.4, -0.2) is 5.97 Å². The minimum Gasteiger partial charge on any atom is -0.450 e. The van der Waals surface area contributed by atoms with Gasteiger partial charge in [-0.15, -0.1) is 0 Å². The molecule has 0 aromatic heterocycles. The molecule has 2 heteroatoms. The molecule has 100 valence electrons. The van der Waals surface area contributed by atoms with Gasteiger partial charge in [0.05, 0.1) is 5.56 Å². The van der Waals surface area contributed by atoms with E-state index >= 15 is 0 Å². The molecule has 0 aliphatic carbocycles. The van der Waals surface area contributed by atoms with Crippen LogP contribution in [0.2, 0.25) is 0 Å². The maximum absolute atomic E-state index is 11.7. The molecule has 2 nitrogen and oxygen atoms in total. The highest BCUT2D eigenvalue weighted by atomic mass is 16.5. The van der Waals surface area contributed by atoms with E-state index in [4.69, 9.17) is 4.74 Å². The summed E-state index contributed by atoms with van der Waals surface area (Å²) in [6.45, 7) is 6.30. The molecule has 19 heavy (non-hydrogen) atoms. The predicted octanol–water partition coefficient (Wildman–Crippen LogP) is 4.59. The minimum absolute atomic E-state index is 0.213. The predicted molar refractivity (Wildman–Crippen MR) is 77.0 cm³/mol. The second-order valence-electron chi connectivity index (χ2n) is 5.25. The van der Waals surface area contributed by atoms with Crippen LogP contribution < -0.4 is 0 Å². The fourth-order valence-corrected chi connectivity index (χ4v) is 2.23. The number of hydrogen-bond donors (Lipinski definition) is 0. The average molecular weight is 256 g/mol. The molecule has 0 saturated carbocycles. The summed E-state index contributed by atoms with van der Waals surface area (Å²) in [6.07, 6.45) is 6.11. The highest BCUT2D eigenvalue weighted by Crippen LogP contribution is 2.32. The largest absolute Gasteiger partial charge is 0.450 e. The van der Waals surface area contributed by atoms with E-state index < -0.39 is 0 Å². The standard InChI is InChI=1S/C17H20O2/c1-12(2)7-6-8-13(3)11-16-14-9-4-5-10-15(14)17(18)19-16/h4-5,7,9-11,16H,6,8H2,1-3H3/b13-11+. The Kier molecular flexibility index (Phi) is 4.20. The number of cyclic esters (lactones) is 1. The molecule has 1 atom stereocenters. The van der Waals surface area contributed by atoms with E-state index in [1.165, 1.54) is 11.1 Å². The highest BCUT2D eigenvalue weighted by Gasteiger charge is 2.28. The lowest BCUT2D eigenvalue weighted by atomic mass is 10.0. The van der Waals surface area contributed by atoms with Gasteiger partial charge in [0.15, 0.2) is 0 Å². The molecule has 0 spiro atoms. The zero-order valence-electron chi connectivity index (χ0n) is 11.8. The van der Waals surface area contributed by atoms with Crippen LogP contribution in [0.3, 0.4) is 0 Å². The Hall–Kier alpha value is -1.83. The van der Waals surface area contributed by atoms with E-state index in [0.717, 1.165) is 18.4 Å². The number of esters is 1. The van der Waals surface area contributed by atoms with E-state index in [1.54, 1.807) is 0 Å². The zero-order valence-corrected chi connectivity index (χ0v) is 11.8. The number of allylic oxidation sites excluding steroid dienone is 3. The van der Waals surface area contributed by atoms with E-state index in [9.17, 15) is 4.79 Å². The van der Waals surface area contributed by atoms with Crippen molar-refractivity contribution in [2.24, 2.45) is 0 Å². The number of hydrogen-bond acceptors (Lipinski definition) is 2. The Balaban J connectivity index is 2.08. The van der Waals surface area contributed by atoms with Gasteiger partial charge in [-0.25, -0.2) is 4.79 Å². The van der Waals surface area contributed by atoms with Crippen LogP contribution in [-0.2, 0) is 4.74 Å². The summed E-state index contributed by atoms with van der Waals surface area (Å²) in [6, 6.07) is 7.60. The van der Waals surface area contributed by atoms with Crippen molar-refractivity contribution < 1.29 is 9.53 Å². The fraction of sp³-hybridized carbons (Fsp3) is 0.353. The molecule has 1 heterocycles. The van der Waals surface area contributed by atoms with Gasteiger partial charge in [-0.1, -0.05) is 35.4 Å². The van der Waals surface area contributed by atoms with Crippen molar-refractivity contribution in [3.05, 3.63) is 58.7 Å². The van der Waals surface area contributed by atoms with Crippen LogP contribution in [0.4, 0.5) is 0 Å². The van der Waals surface area contributed by atoms with E-state index in [0.29, 0.717) is 5.56 Å². The third kappa shape index (κ3) is 3.34. The Morgan fingerprint density at radius 1 is 1.26 bits per heavy atom. The molecular weight excluding hydrogens is 236 g/mol. The summed E-state index contributed by atoms with van der Waals surface area (Å²) in [5, 5.41) is 0. The lowest BCUT2D eigenvalue weighted by molar-refractivity contribution is 0.0466. The van der Waals surface area contributed by atoms with Crippen LogP contribution in [0.15, 0.2) is 47.6 Å². The van der Waals surface area contributed by atoms with Gasteiger partial charge in [0.1, 0.15) is 6.10 Å². The van der Waals surface area contributed by atoms with Crippen molar-refractivity contribution in [3.8, 4) is 0 Å². The third-order valence-corrected chi connectivity index (χ3v) is 3.25. The molecular formula is C17H20O2. The zero-order chi connectivity index (χ0) is 13.8. The lowest BCUT2D eigenvalue weighted by Gasteiger charge is -2.07. The molecule has 1 aromatic rings. The highest BCUT2D eigenvalue weighted by molar-refractivity contribution is 5.94. The van der Waals surface area contributed by atoms with Crippen molar-refractivity contribution >= 4 is 5.97 Å². The van der Waals surface area contributed by atoms with Gasteiger partial charge in [-0.3, -0.25) is 0 Å². The minimum atomic E-state index is -0.214. The molecule has 1 aliphatic rings. The van der Waals surface area contributed by atoms with Gasteiger partial charge in [-0.05, 0) is 45.8 Å². The molecule has 1 unspecified atom stereocenters. The van der Waals surface area contributed by atoms with Crippen molar-refractivity contribution in [3.63, 3.8) is 0 Å². The number of rotatable bonds is 4. The molecule has 0 radical (unpaired) electrons. The van der Waals surface area contributed by atoms with Crippen LogP contribution in [0, 0.1) is 0 Å². The van der Waals surface area contributed by atoms with Crippen molar-refractivity contribution in [1.29, 1.82) is 0 Å². The monoisotopic (exact) mass is 256 g/mol. The number of fused-ring (bicyclic) bond motifs is 1. The summed E-state index contributed by atoms with van der Waals surface area (Å²) in [4.78, 5) is 11.7. The Labute approximate surface area is 114 Å². The van der Waals surface area contributed by atoms with E-state index in [1.807, 2.05) is 24.3 Å². The molecule has 0 bridgehead atoms. The van der Waals surface area contributed by atoms with Gasteiger partial charge < -0.3 is 4.74 Å². The SMILES string of the molecule is CC(C)=CCC/C(C)=C/C1OC(=O)c2ccccc21.